The molecule has 5 nitrogen and oxygen atoms in total. The van der Waals surface area contributed by atoms with E-state index < -0.39 is 10.0 Å². The van der Waals surface area contributed by atoms with Gasteiger partial charge in [0.25, 0.3) is 0 Å². The molecular formula is C17H25ClN2O3S. The Balaban J connectivity index is 1.92. The highest BCUT2D eigenvalue weighted by molar-refractivity contribution is 7.89. The molecule has 1 heterocycles. The van der Waals surface area contributed by atoms with Crippen molar-refractivity contribution < 1.29 is 13.2 Å². The number of halogens is 1. The Morgan fingerprint density at radius 2 is 1.83 bits per heavy atom. The lowest BCUT2D eigenvalue weighted by Crippen LogP contribution is -2.38. The molecule has 0 radical (unpaired) electrons. The van der Waals surface area contributed by atoms with Crippen LogP contribution >= 0.6 is 11.6 Å². The fraction of sp³-hybridized carbons (Fsp3) is 0.588. The number of nitrogens with zero attached hydrogens (tertiary/aromatic N) is 2. The second kappa shape index (κ2) is 8.83. The zero-order valence-electron chi connectivity index (χ0n) is 14.1. The zero-order chi connectivity index (χ0) is 17.6. The number of amides is 1. The van der Waals surface area contributed by atoms with E-state index in [0.717, 1.165) is 12.0 Å². The van der Waals surface area contributed by atoms with Gasteiger partial charge in [-0.1, -0.05) is 37.1 Å². The average molecular weight is 373 g/mol. The Labute approximate surface area is 149 Å². The van der Waals surface area contributed by atoms with Crippen LogP contribution in [0.5, 0.6) is 0 Å². The van der Waals surface area contributed by atoms with Gasteiger partial charge < -0.3 is 4.90 Å². The summed E-state index contributed by atoms with van der Waals surface area (Å²) in [6.07, 6.45) is 2.54. The van der Waals surface area contributed by atoms with Crippen LogP contribution < -0.4 is 0 Å². The summed E-state index contributed by atoms with van der Waals surface area (Å²) in [5, 5.41) is 0.647. The predicted molar refractivity (Wildman–Crippen MR) is 96.6 cm³/mol. The van der Waals surface area contributed by atoms with Gasteiger partial charge in [-0.25, -0.2) is 12.7 Å². The second-order valence-corrected chi connectivity index (χ2v) is 8.63. The monoisotopic (exact) mass is 372 g/mol. The second-order valence-electron chi connectivity index (χ2n) is 6.11. The predicted octanol–water partition coefficient (Wildman–Crippen LogP) is 2.55. The van der Waals surface area contributed by atoms with E-state index in [1.54, 1.807) is 17.0 Å². The lowest BCUT2D eigenvalue weighted by molar-refractivity contribution is -0.130. The van der Waals surface area contributed by atoms with Crippen LogP contribution in [0.15, 0.2) is 24.3 Å². The van der Waals surface area contributed by atoms with Gasteiger partial charge in [0.15, 0.2) is 0 Å². The maximum atomic E-state index is 12.5. The maximum absolute atomic E-state index is 12.5. The summed E-state index contributed by atoms with van der Waals surface area (Å²) in [7, 11) is -3.20. The number of unbranched alkanes of at least 4 members (excludes halogenated alkanes) is 1. The lowest BCUT2D eigenvalue weighted by Gasteiger charge is -2.22. The summed E-state index contributed by atoms with van der Waals surface area (Å²) in [6, 6.07) is 7.24. The molecule has 0 aliphatic carbocycles. The summed E-state index contributed by atoms with van der Waals surface area (Å²) in [4.78, 5) is 14.2. The molecule has 134 valence electrons. The molecule has 1 aromatic rings. The Kier molecular flexibility index (Phi) is 7.07. The van der Waals surface area contributed by atoms with Crippen LogP contribution in [0.4, 0.5) is 0 Å². The molecule has 0 unspecified atom stereocenters. The van der Waals surface area contributed by atoms with Gasteiger partial charge >= 0.3 is 0 Å². The van der Waals surface area contributed by atoms with Gasteiger partial charge in [0.1, 0.15) is 0 Å². The Morgan fingerprint density at radius 3 is 2.50 bits per heavy atom. The number of hydrogen-bond acceptors (Lipinski definition) is 3. The van der Waals surface area contributed by atoms with Crippen molar-refractivity contribution in [2.45, 2.75) is 32.6 Å². The van der Waals surface area contributed by atoms with Gasteiger partial charge in [-0.3, -0.25) is 4.79 Å². The third-order valence-corrected chi connectivity index (χ3v) is 6.43. The molecule has 0 N–H and O–H groups in total. The molecule has 1 aliphatic rings. The minimum Gasteiger partial charge on any atom is -0.341 e. The number of hydrogen-bond donors (Lipinski definition) is 0. The number of carbonyl (C=O) groups excluding carboxylic acids is 1. The third kappa shape index (κ3) is 5.46. The molecule has 1 fully saturated rings. The van der Waals surface area contributed by atoms with Gasteiger partial charge in [0.2, 0.25) is 15.9 Å². The highest BCUT2D eigenvalue weighted by atomic mass is 35.5. The number of rotatable bonds is 6. The molecule has 1 saturated heterocycles. The number of sulfonamides is 1. The zero-order valence-corrected chi connectivity index (χ0v) is 15.7. The standard InChI is InChI=1S/C17H25ClN2O3S/c1-2-3-13-24(22,23)20-10-4-9-19(11-12-20)17(21)14-15-5-7-16(18)8-6-15/h5-8H,2-4,9-14H2,1H3. The van der Waals surface area contributed by atoms with E-state index in [-0.39, 0.29) is 11.7 Å². The van der Waals surface area contributed by atoms with Crippen molar-refractivity contribution in [2.24, 2.45) is 0 Å². The van der Waals surface area contributed by atoms with Crippen molar-refractivity contribution in [3.05, 3.63) is 34.9 Å². The van der Waals surface area contributed by atoms with Gasteiger partial charge in [0, 0.05) is 31.2 Å². The van der Waals surface area contributed by atoms with Crippen molar-refractivity contribution in [1.29, 1.82) is 0 Å². The summed E-state index contributed by atoms with van der Waals surface area (Å²) >= 11 is 5.86. The van der Waals surface area contributed by atoms with Gasteiger partial charge in [0.05, 0.1) is 12.2 Å². The molecule has 0 aromatic heterocycles. The Hall–Kier alpha value is -1.11. The normalized spacial score (nSPS) is 16.8. The summed E-state index contributed by atoms with van der Waals surface area (Å²) in [5.74, 6) is 0.229. The van der Waals surface area contributed by atoms with E-state index in [1.165, 1.54) is 4.31 Å². The average Bonchev–Trinajstić information content (AvgIpc) is 2.82. The molecule has 2 rings (SSSR count). The van der Waals surface area contributed by atoms with Gasteiger partial charge in [-0.2, -0.15) is 0 Å². The minimum atomic E-state index is -3.20. The summed E-state index contributed by atoms with van der Waals surface area (Å²) in [5.41, 5.74) is 0.918. The molecule has 1 aliphatic heterocycles. The van der Waals surface area contributed by atoms with E-state index in [0.29, 0.717) is 50.5 Å². The van der Waals surface area contributed by atoms with E-state index in [1.807, 2.05) is 19.1 Å². The molecular weight excluding hydrogens is 348 g/mol. The van der Waals surface area contributed by atoms with Gasteiger partial charge in [-0.05, 0) is 30.5 Å². The van der Waals surface area contributed by atoms with Crippen LogP contribution in [0.1, 0.15) is 31.7 Å². The molecule has 0 spiro atoms. The first-order valence-electron chi connectivity index (χ1n) is 8.42. The lowest BCUT2D eigenvalue weighted by atomic mass is 10.1. The van der Waals surface area contributed by atoms with Gasteiger partial charge in [-0.15, -0.1) is 0 Å². The van der Waals surface area contributed by atoms with Crippen LogP contribution in [-0.4, -0.2) is 55.5 Å². The van der Waals surface area contributed by atoms with Crippen LogP contribution in [-0.2, 0) is 21.2 Å². The SMILES string of the molecule is CCCCS(=O)(=O)N1CCCN(C(=O)Cc2ccc(Cl)cc2)CC1. The van der Waals surface area contributed by atoms with Crippen molar-refractivity contribution in [3.8, 4) is 0 Å². The van der Waals surface area contributed by atoms with Crippen molar-refractivity contribution in [2.75, 3.05) is 31.9 Å². The fourth-order valence-electron chi connectivity index (χ4n) is 2.77. The van der Waals surface area contributed by atoms with E-state index in [4.69, 9.17) is 11.6 Å². The van der Waals surface area contributed by atoms with E-state index in [2.05, 4.69) is 0 Å². The Morgan fingerprint density at radius 1 is 1.12 bits per heavy atom. The molecule has 1 aromatic carbocycles. The van der Waals surface area contributed by atoms with Crippen molar-refractivity contribution >= 4 is 27.5 Å². The number of benzene rings is 1. The molecule has 1 amide bonds. The van der Waals surface area contributed by atoms with Crippen LogP contribution in [0, 0.1) is 0 Å². The van der Waals surface area contributed by atoms with Crippen LogP contribution in [0.25, 0.3) is 0 Å². The maximum Gasteiger partial charge on any atom is 0.227 e. The minimum absolute atomic E-state index is 0.0325. The number of carbonyl (C=O) groups is 1. The smallest absolute Gasteiger partial charge is 0.227 e. The molecule has 0 atom stereocenters. The van der Waals surface area contributed by atoms with E-state index in [9.17, 15) is 13.2 Å². The largest absolute Gasteiger partial charge is 0.341 e. The van der Waals surface area contributed by atoms with Crippen LogP contribution in [0.2, 0.25) is 5.02 Å². The first kappa shape index (κ1) is 19.2. The van der Waals surface area contributed by atoms with Crippen LogP contribution in [0.3, 0.4) is 0 Å². The van der Waals surface area contributed by atoms with Crippen molar-refractivity contribution in [3.63, 3.8) is 0 Å². The Bertz CT molecular complexity index is 646. The van der Waals surface area contributed by atoms with E-state index >= 15 is 0 Å². The highest BCUT2D eigenvalue weighted by Crippen LogP contribution is 2.14. The molecule has 24 heavy (non-hydrogen) atoms. The molecule has 0 bridgehead atoms. The first-order chi connectivity index (χ1) is 11.4. The summed E-state index contributed by atoms with van der Waals surface area (Å²) < 4.78 is 26.2. The third-order valence-electron chi connectivity index (χ3n) is 4.23. The topological polar surface area (TPSA) is 57.7 Å². The highest BCUT2D eigenvalue weighted by Gasteiger charge is 2.26. The molecule has 7 heteroatoms. The fourth-order valence-corrected chi connectivity index (χ4v) is 4.57. The quantitative estimate of drug-likeness (QED) is 0.771. The molecule has 0 saturated carbocycles. The summed E-state index contributed by atoms with van der Waals surface area (Å²) in [6.45, 7) is 3.92. The first-order valence-corrected chi connectivity index (χ1v) is 10.4. The van der Waals surface area contributed by atoms with Crippen molar-refractivity contribution in [1.82, 2.24) is 9.21 Å².